The van der Waals surface area contributed by atoms with Crippen LogP contribution < -0.4 is 5.32 Å². The number of rotatable bonds is 13. The Hall–Kier alpha value is -3.12. The zero-order valence-electron chi connectivity index (χ0n) is 25.0. The number of carbonyl (C=O) groups excluding carboxylic acids is 1. The molecule has 1 aliphatic rings. The molecular weight excluding hydrogens is 596 g/mol. The summed E-state index contributed by atoms with van der Waals surface area (Å²) in [6.07, 6.45) is -2.21. The third-order valence-corrected chi connectivity index (χ3v) is 9.85. The molecule has 2 N–H and O–H groups in total. The highest BCUT2D eigenvalue weighted by Crippen LogP contribution is 2.36. The van der Waals surface area contributed by atoms with E-state index in [9.17, 15) is 35.9 Å². The highest BCUT2D eigenvalue weighted by atomic mass is 32.2. The van der Waals surface area contributed by atoms with Gasteiger partial charge < -0.3 is 15.2 Å². The van der Waals surface area contributed by atoms with Gasteiger partial charge in [-0.1, -0.05) is 30.3 Å². The predicted octanol–water partition coefficient (Wildman–Crippen LogP) is 5.80. The number of nitrogens with zero attached hydrogens (tertiary/aromatic N) is 1. The van der Waals surface area contributed by atoms with Crippen LogP contribution in [0, 0.1) is 11.7 Å². The first-order chi connectivity index (χ1) is 20.6. The molecule has 11 heteroatoms. The highest BCUT2D eigenvalue weighted by molar-refractivity contribution is 7.89. The third kappa shape index (κ3) is 8.32. The summed E-state index contributed by atoms with van der Waals surface area (Å²) < 4.78 is 84.1. The maximum atomic E-state index is 14.8. The Morgan fingerprint density at radius 3 is 2.32 bits per heavy atom. The standard InChI is InChI=1S/C33H38F4N2O4S/c1-32(2,19-23-13-24-8-4-5-9-25(24)14-23)38-20-28(41)21-39(3)44(42,43)29-17-26(16-27(18-29)33(35,36)37)30-15-22(7-6-12-40)10-11-31(30)34/h4-5,8-12,15-18,23,28,38,41H,6-7,13-14,19-21H2,1-3H3/t28-/m1/s1. The Balaban J connectivity index is 1.48. The van der Waals surface area contributed by atoms with Gasteiger partial charge in [-0.2, -0.15) is 17.5 Å². The monoisotopic (exact) mass is 634 g/mol. The number of hydrogen-bond donors (Lipinski definition) is 2. The van der Waals surface area contributed by atoms with Gasteiger partial charge >= 0.3 is 6.18 Å². The van der Waals surface area contributed by atoms with Crippen LogP contribution in [0.25, 0.3) is 11.1 Å². The van der Waals surface area contributed by atoms with E-state index in [0.29, 0.717) is 29.9 Å². The number of nitrogens with one attached hydrogen (secondary N) is 1. The van der Waals surface area contributed by atoms with Crippen LogP contribution in [0.2, 0.25) is 0 Å². The Labute approximate surface area is 256 Å². The lowest BCUT2D eigenvalue weighted by Gasteiger charge is -2.31. The predicted molar refractivity (Wildman–Crippen MR) is 161 cm³/mol. The fourth-order valence-corrected chi connectivity index (χ4v) is 7.14. The fraction of sp³-hybridized carbons (Fsp3) is 0.424. The van der Waals surface area contributed by atoms with Crippen molar-refractivity contribution in [2.24, 2.45) is 5.92 Å². The number of sulfonamides is 1. The number of benzene rings is 3. The molecule has 0 unspecified atom stereocenters. The second-order valence-corrected chi connectivity index (χ2v) is 14.3. The fourth-order valence-electron chi connectivity index (χ4n) is 5.86. The minimum atomic E-state index is -4.90. The molecule has 0 radical (unpaired) electrons. The van der Waals surface area contributed by atoms with Gasteiger partial charge in [0, 0.05) is 37.7 Å². The van der Waals surface area contributed by atoms with Crippen molar-refractivity contribution in [3.63, 3.8) is 0 Å². The van der Waals surface area contributed by atoms with Crippen LogP contribution in [0.4, 0.5) is 17.6 Å². The Morgan fingerprint density at radius 1 is 1.05 bits per heavy atom. The van der Waals surface area contributed by atoms with E-state index in [4.69, 9.17) is 0 Å². The molecule has 3 aromatic carbocycles. The van der Waals surface area contributed by atoms with Crippen molar-refractivity contribution >= 4 is 16.3 Å². The number of likely N-dealkylation sites (N-methyl/N-ethyl adjacent to an activating group) is 1. The molecular formula is C33H38F4N2O4S. The SMILES string of the molecule is CN(C[C@H](O)CNC(C)(C)CC1Cc2ccccc2C1)S(=O)(=O)c1cc(-c2cc(CCC=O)ccc2F)cc(C(F)(F)F)c1. The summed E-state index contributed by atoms with van der Waals surface area (Å²) in [6.45, 7) is 3.72. The summed E-state index contributed by atoms with van der Waals surface area (Å²) in [7, 11) is -3.33. The Morgan fingerprint density at radius 2 is 1.70 bits per heavy atom. The lowest BCUT2D eigenvalue weighted by molar-refractivity contribution is -0.137. The summed E-state index contributed by atoms with van der Waals surface area (Å²) in [4.78, 5) is 10.1. The molecule has 44 heavy (non-hydrogen) atoms. The minimum absolute atomic E-state index is 0.0686. The van der Waals surface area contributed by atoms with Crippen molar-refractivity contribution in [2.75, 3.05) is 20.1 Å². The van der Waals surface area contributed by atoms with Crippen LogP contribution >= 0.6 is 0 Å². The quantitative estimate of drug-likeness (QED) is 0.184. The maximum absolute atomic E-state index is 14.8. The molecule has 0 aromatic heterocycles. The van der Waals surface area contributed by atoms with Gasteiger partial charge in [0.05, 0.1) is 16.6 Å². The number of aliphatic hydroxyl groups is 1. The lowest BCUT2D eigenvalue weighted by atomic mass is 9.88. The van der Waals surface area contributed by atoms with Gasteiger partial charge in [-0.3, -0.25) is 0 Å². The number of hydrogen-bond acceptors (Lipinski definition) is 5. The molecule has 0 saturated carbocycles. The van der Waals surface area contributed by atoms with E-state index in [1.165, 1.54) is 30.3 Å². The maximum Gasteiger partial charge on any atom is 0.416 e. The minimum Gasteiger partial charge on any atom is -0.390 e. The summed E-state index contributed by atoms with van der Waals surface area (Å²) in [5.41, 5.74) is 1.11. The molecule has 238 valence electrons. The summed E-state index contributed by atoms with van der Waals surface area (Å²) in [6, 6.07) is 14.3. The van der Waals surface area contributed by atoms with Crippen molar-refractivity contribution in [2.45, 2.75) is 68.7 Å². The first-order valence-corrected chi connectivity index (χ1v) is 15.9. The molecule has 1 aliphatic carbocycles. The second-order valence-electron chi connectivity index (χ2n) is 12.2. The molecule has 3 aromatic rings. The molecule has 0 amide bonds. The zero-order chi connectivity index (χ0) is 32.3. The molecule has 0 heterocycles. The van der Waals surface area contributed by atoms with E-state index in [0.717, 1.165) is 35.7 Å². The number of aliphatic hydroxyl groups excluding tert-OH is 1. The number of carbonyl (C=O) groups is 1. The van der Waals surface area contributed by atoms with Gasteiger partial charge in [-0.05, 0) is 98.0 Å². The van der Waals surface area contributed by atoms with E-state index in [2.05, 4.69) is 17.4 Å². The molecule has 0 fully saturated rings. The molecule has 0 saturated heterocycles. The highest BCUT2D eigenvalue weighted by Gasteiger charge is 2.34. The van der Waals surface area contributed by atoms with E-state index >= 15 is 0 Å². The van der Waals surface area contributed by atoms with Crippen molar-refractivity contribution in [1.82, 2.24) is 9.62 Å². The van der Waals surface area contributed by atoms with Gasteiger partial charge in [0.2, 0.25) is 10.0 Å². The van der Waals surface area contributed by atoms with Crippen molar-refractivity contribution in [3.05, 3.63) is 88.7 Å². The van der Waals surface area contributed by atoms with Crippen LogP contribution in [0.15, 0.2) is 65.6 Å². The Bertz CT molecular complexity index is 1570. The topological polar surface area (TPSA) is 86.7 Å². The first-order valence-electron chi connectivity index (χ1n) is 14.5. The largest absolute Gasteiger partial charge is 0.416 e. The molecule has 4 rings (SSSR count). The number of halogens is 4. The van der Waals surface area contributed by atoms with Crippen molar-refractivity contribution in [3.8, 4) is 11.1 Å². The van der Waals surface area contributed by atoms with Crippen molar-refractivity contribution in [1.29, 1.82) is 0 Å². The van der Waals surface area contributed by atoms with E-state index < -0.39 is 38.6 Å². The van der Waals surface area contributed by atoms with Gasteiger partial charge in [-0.15, -0.1) is 0 Å². The van der Waals surface area contributed by atoms with E-state index in [1.807, 2.05) is 26.0 Å². The first kappa shape index (κ1) is 33.8. The number of alkyl halides is 3. The van der Waals surface area contributed by atoms with Gasteiger partial charge in [0.1, 0.15) is 12.1 Å². The van der Waals surface area contributed by atoms with Crippen LogP contribution in [-0.4, -0.2) is 55.9 Å². The summed E-state index contributed by atoms with van der Waals surface area (Å²) in [5.74, 6) is -0.401. The van der Waals surface area contributed by atoms with Crippen molar-refractivity contribution < 1.29 is 35.9 Å². The van der Waals surface area contributed by atoms with E-state index in [1.54, 1.807) is 0 Å². The van der Waals surface area contributed by atoms with Crippen LogP contribution in [0.1, 0.15) is 48.9 Å². The smallest absolute Gasteiger partial charge is 0.390 e. The lowest BCUT2D eigenvalue weighted by Crippen LogP contribution is -2.47. The average molecular weight is 635 g/mol. The molecule has 1 atom stereocenters. The summed E-state index contributed by atoms with van der Waals surface area (Å²) in [5, 5.41) is 14.0. The van der Waals surface area contributed by atoms with Crippen LogP contribution in [-0.2, 0) is 40.3 Å². The number of fused-ring (bicyclic) bond motifs is 1. The zero-order valence-corrected chi connectivity index (χ0v) is 25.8. The second kappa shape index (κ2) is 13.5. The molecule has 0 bridgehead atoms. The van der Waals surface area contributed by atoms with Gasteiger partial charge in [0.25, 0.3) is 0 Å². The van der Waals surface area contributed by atoms with Crippen LogP contribution in [0.3, 0.4) is 0 Å². The number of β-amino-alcohol motifs (C(OH)–C–C–N with tert-alkyl or cyclic N) is 1. The summed E-state index contributed by atoms with van der Waals surface area (Å²) >= 11 is 0. The van der Waals surface area contributed by atoms with Gasteiger partial charge in [0.15, 0.2) is 0 Å². The molecule has 0 aliphatic heterocycles. The normalized spacial score (nSPS) is 15.0. The van der Waals surface area contributed by atoms with E-state index in [-0.39, 0.29) is 42.6 Å². The number of aryl methyl sites for hydroxylation is 1. The Kier molecular flexibility index (Phi) is 10.3. The number of aldehydes is 1. The average Bonchev–Trinajstić information content (AvgIpc) is 3.36. The van der Waals surface area contributed by atoms with Gasteiger partial charge in [-0.25, -0.2) is 12.8 Å². The molecule has 6 nitrogen and oxygen atoms in total. The third-order valence-electron chi connectivity index (χ3n) is 8.05. The molecule has 0 spiro atoms. The van der Waals surface area contributed by atoms with Crippen LogP contribution in [0.5, 0.6) is 0 Å².